The van der Waals surface area contributed by atoms with Crippen molar-refractivity contribution >= 4 is 23.9 Å². The topological polar surface area (TPSA) is 120 Å². The van der Waals surface area contributed by atoms with Gasteiger partial charge in [0.05, 0.1) is 9.85 Å². The third-order valence-electron chi connectivity index (χ3n) is 1.75. The zero-order valence-corrected chi connectivity index (χ0v) is 7.50. The summed E-state index contributed by atoms with van der Waals surface area (Å²) in [7, 11) is 0. The van der Waals surface area contributed by atoms with Gasteiger partial charge in [0.2, 0.25) is 12.6 Å². The van der Waals surface area contributed by atoms with E-state index in [2.05, 4.69) is 0 Å². The molecule has 0 spiro atoms. The Balaban J connectivity index is 3.69. The minimum atomic E-state index is -1.11. The SMILES string of the molecule is O=[C]c1ccc([N+](=O)[O-])c([N+](=O)[O-])c1[C]=O. The molecule has 0 N–H and O–H groups in total. The Labute approximate surface area is 87.8 Å². The molecule has 0 aliphatic rings. The van der Waals surface area contributed by atoms with Crippen LogP contribution in [-0.4, -0.2) is 22.4 Å². The van der Waals surface area contributed by atoms with Crippen LogP contribution in [0.25, 0.3) is 0 Å². The fraction of sp³-hybridized carbons (Fsp3) is 0. The molecule has 0 bridgehead atoms. The normalized spacial score (nSPS) is 9.50. The number of hydrogen-bond acceptors (Lipinski definition) is 6. The summed E-state index contributed by atoms with van der Waals surface area (Å²) >= 11 is 0. The highest BCUT2D eigenvalue weighted by molar-refractivity contribution is 5.96. The van der Waals surface area contributed by atoms with Crippen LogP contribution in [0.3, 0.4) is 0 Å². The van der Waals surface area contributed by atoms with Crippen LogP contribution in [0.15, 0.2) is 12.1 Å². The third-order valence-corrected chi connectivity index (χ3v) is 1.75. The zero-order valence-electron chi connectivity index (χ0n) is 7.50. The Morgan fingerprint density at radius 2 is 1.62 bits per heavy atom. The average molecular weight is 222 g/mol. The fourth-order valence-corrected chi connectivity index (χ4v) is 1.10. The van der Waals surface area contributed by atoms with Crippen LogP contribution in [0.1, 0.15) is 11.1 Å². The maximum absolute atomic E-state index is 10.6. The molecule has 0 aliphatic carbocycles. The van der Waals surface area contributed by atoms with Gasteiger partial charge in [-0.15, -0.1) is 0 Å². The van der Waals surface area contributed by atoms with Crippen LogP contribution in [0.2, 0.25) is 0 Å². The molecular weight excluding hydrogens is 220 g/mol. The maximum atomic E-state index is 10.6. The van der Waals surface area contributed by atoms with Crippen LogP contribution in [0, 0.1) is 20.2 Å². The van der Waals surface area contributed by atoms with Gasteiger partial charge in [-0.25, -0.2) is 0 Å². The van der Waals surface area contributed by atoms with E-state index in [-0.39, 0.29) is 0 Å². The van der Waals surface area contributed by atoms with Crippen molar-refractivity contribution in [3.63, 3.8) is 0 Å². The molecule has 0 amide bonds. The summed E-state index contributed by atoms with van der Waals surface area (Å²) in [6.07, 6.45) is 2.40. The van der Waals surface area contributed by atoms with E-state index in [0.29, 0.717) is 0 Å². The summed E-state index contributed by atoms with van der Waals surface area (Å²) in [5.74, 6) is 0. The second-order valence-electron chi connectivity index (χ2n) is 2.57. The van der Waals surface area contributed by atoms with E-state index in [1.165, 1.54) is 6.29 Å². The van der Waals surface area contributed by atoms with Crippen molar-refractivity contribution in [1.82, 2.24) is 0 Å². The van der Waals surface area contributed by atoms with E-state index in [4.69, 9.17) is 0 Å². The van der Waals surface area contributed by atoms with E-state index >= 15 is 0 Å². The number of nitrogens with zero attached hydrogens (tertiary/aromatic N) is 2. The highest BCUT2D eigenvalue weighted by Gasteiger charge is 2.31. The molecule has 1 aromatic carbocycles. The van der Waals surface area contributed by atoms with Crippen LogP contribution in [0.4, 0.5) is 11.4 Å². The van der Waals surface area contributed by atoms with Crippen LogP contribution < -0.4 is 0 Å². The molecule has 0 unspecified atom stereocenters. The second kappa shape index (κ2) is 4.26. The third kappa shape index (κ3) is 1.75. The summed E-state index contributed by atoms with van der Waals surface area (Å²) in [6.45, 7) is 0. The first-order chi connectivity index (χ1) is 7.52. The Morgan fingerprint density at radius 3 is 2.00 bits per heavy atom. The Hall–Kier alpha value is -2.64. The van der Waals surface area contributed by atoms with Gasteiger partial charge in [-0.2, -0.15) is 0 Å². The summed E-state index contributed by atoms with van der Waals surface area (Å²) in [6, 6.07) is 1.66. The van der Waals surface area contributed by atoms with Crippen LogP contribution in [-0.2, 0) is 9.59 Å². The molecular formula is C8H2N2O6. The van der Waals surface area contributed by atoms with Crippen molar-refractivity contribution < 1.29 is 19.4 Å². The van der Waals surface area contributed by atoms with Crippen molar-refractivity contribution in [2.75, 3.05) is 0 Å². The lowest BCUT2D eigenvalue weighted by atomic mass is 10.1. The average Bonchev–Trinajstić information content (AvgIpc) is 2.26. The van der Waals surface area contributed by atoms with E-state index < -0.39 is 32.3 Å². The van der Waals surface area contributed by atoms with Crippen molar-refractivity contribution in [3.8, 4) is 0 Å². The van der Waals surface area contributed by atoms with Gasteiger partial charge in [0.1, 0.15) is 5.56 Å². The number of benzene rings is 1. The Kier molecular flexibility index (Phi) is 3.04. The van der Waals surface area contributed by atoms with Crippen LogP contribution in [0.5, 0.6) is 0 Å². The molecule has 0 aliphatic heterocycles. The molecule has 0 saturated carbocycles. The van der Waals surface area contributed by atoms with Crippen molar-refractivity contribution in [3.05, 3.63) is 43.5 Å². The molecule has 80 valence electrons. The summed E-state index contributed by atoms with van der Waals surface area (Å²) in [5.41, 5.74) is -3.13. The van der Waals surface area contributed by atoms with Gasteiger partial charge in [-0.3, -0.25) is 29.8 Å². The lowest BCUT2D eigenvalue weighted by Crippen LogP contribution is -2.03. The first-order valence-corrected chi connectivity index (χ1v) is 3.75. The quantitative estimate of drug-likeness (QED) is 0.537. The Morgan fingerprint density at radius 1 is 1.00 bits per heavy atom. The lowest BCUT2D eigenvalue weighted by Gasteiger charge is -1.98. The standard InChI is InChI=1S/C8H2N2O6/c11-3-5-1-2-7(9(13)14)8(10(15)16)6(5)4-12/h1-2H. The largest absolute Gasteiger partial charge is 0.358 e. The molecule has 0 fully saturated rings. The first kappa shape index (κ1) is 11.4. The maximum Gasteiger partial charge on any atom is 0.358 e. The first-order valence-electron chi connectivity index (χ1n) is 3.75. The van der Waals surface area contributed by atoms with Crippen molar-refractivity contribution in [1.29, 1.82) is 0 Å². The summed E-state index contributed by atoms with van der Waals surface area (Å²) < 4.78 is 0. The van der Waals surface area contributed by atoms with Crippen LogP contribution >= 0.6 is 0 Å². The molecule has 2 radical (unpaired) electrons. The van der Waals surface area contributed by atoms with Gasteiger partial charge in [0.15, 0.2) is 0 Å². The predicted molar refractivity (Wildman–Crippen MR) is 49.3 cm³/mol. The van der Waals surface area contributed by atoms with Gasteiger partial charge in [-0.05, 0) is 6.07 Å². The van der Waals surface area contributed by atoms with Gasteiger partial charge in [0.25, 0.3) is 0 Å². The number of carbonyl (C=O) groups excluding carboxylic acids is 2. The van der Waals surface area contributed by atoms with Gasteiger partial charge < -0.3 is 0 Å². The number of nitro groups is 2. The smallest absolute Gasteiger partial charge is 0.285 e. The second-order valence-corrected chi connectivity index (χ2v) is 2.57. The zero-order chi connectivity index (χ0) is 12.3. The van der Waals surface area contributed by atoms with E-state index in [9.17, 15) is 29.8 Å². The molecule has 8 nitrogen and oxygen atoms in total. The minimum Gasteiger partial charge on any atom is -0.285 e. The lowest BCUT2D eigenvalue weighted by molar-refractivity contribution is -0.422. The monoisotopic (exact) mass is 222 g/mol. The highest BCUT2D eigenvalue weighted by Crippen LogP contribution is 2.31. The van der Waals surface area contributed by atoms with Gasteiger partial charge in [-0.1, -0.05) is 0 Å². The molecule has 0 atom stereocenters. The minimum absolute atomic E-state index is 0.438. The molecule has 0 heterocycles. The van der Waals surface area contributed by atoms with Crippen molar-refractivity contribution in [2.24, 2.45) is 0 Å². The molecule has 0 saturated heterocycles. The van der Waals surface area contributed by atoms with Gasteiger partial charge >= 0.3 is 11.4 Å². The molecule has 0 aromatic heterocycles. The molecule has 16 heavy (non-hydrogen) atoms. The predicted octanol–water partition coefficient (Wildman–Crippen LogP) is 0.419. The summed E-state index contributed by atoms with van der Waals surface area (Å²) in [5, 5.41) is 21.0. The number of rotatable bonds is 4. The molecule has 8 heteroatoms. The fourth-order valence-electron chi connectivity index (χ4n) is 1.10. The van der Waals surface area contributed by atoms with Gasteiger partial charge in [0, 0.05) is 11.6 Å². The molecule has 1 rings (SSSR count). The number of nitro benzene ring substituents is 2. The van der Waals surface area contributed by atoms with E-state index in [1.807, 2.05) is 0 Å². The Bertz CT molecular complexity index is 496. The summed E-state index contributed by atoms with van der Waals surface area (Å²) in [4.78, 5) is 39.7. The number of hydrogen-bond donors (Lipinski definition) is 0. The molecule has 1 aromatic rings. The highest BCUT2D eigenvalue weighted by atomic mass is 16.6. The van der Waals surface area contributed by atoms with E-state index in [1.54, 1.807) is 0 Å². The van der Waals surface area contributed by atoms with Crippen molar-refractivity contribution in [2.45, 2.75) is 0 Å². The van der Waals surface area contributed by atoms with E-state index in [0.717, 1.165) is 18.4 Å².